The minimum absolute atomic E-state index is 0.105. The highest BCUT2D eigenvalue weighted by molar-refractivity contribution is 7.89. The summed E-state index contributed by atoms with van der Waals surface area (Å²) in [5.74, 6) is 0.689. The molecule has 4 N–H and O–H groups in total. The van der Waals surface area contributed by atoms with Crippen LogP contribution in [0, 0.1) is 13.8 Å². The van der Waals surface area contributed by atoms with E-state index in [0.717, 1.165) is 36.5 Å². The fourth-order valence-electron chi connectivity index (χ4n) is 2.54. The summed E-state index contributed by atoms with van der Waals surface area (Å²) in [6.45, 7) is 6.18. The van der Waals surface area contributed by atoms with Crippen LogP contribution >= 0.6 is 0 Å². The molecule has 2 aromatic rings. The van der Waals surface area contributed by atoms with Gasteiger partial charge in [0.2, 0.25) is 10.0 Å². The van der Waals surface area contributed by atoms with Crippen LogP contribution in [0.4, 0.5) is 0 Å². The van der Waals surface area contributed by atoms with Gasteiger partial charge in [-0.1, -0.05) is 12.1 Å². The molecule has 0 radical (unpaired) electrons. The number of sulfonamides is 1. The second kappa shape index (κ2) is 8.81. The van der Waals surface area contributed by atoms with E-state index in [1.807, 2.05) is 11.6 Å². The molecule has 0 amide bonds. The van der Waals surface area contributed by atoms with E-state index in [1.165, 1.54) is 12.1 Å². The first-order chi connectivity index (χ1) is 12.3. The Bertz CT molecular complexity index is 856. The maximum atomic E-state index is 11.3. The van der Waals surface area contributed by atoms with Gasteiger partial charge < -0.3 is 10.6 Å². The monoisotopic (exact) mass is 378 g/mol. The van der Waals surface area contributed by atoms with E-state index < -0.39 is 10.0 Å². The Kier molecular flexibility index (Phi) is 6.76. The molecule has 0 spiro atoms. The number of guanidine groups is 1. The van der Waals surface area contributed by atoms with Gasteiger partial charge in [0.15, 0.2) is 5.96 Å². The molecule has 2 rings (SSSR count). The molecule has 8 nitrogen and oxygen atoms in total. The lowest BCUT2D eigenvalue weighted by Gasteiger charge is -2.12. The fourth-order valence-corrected chi connectivity index (χ4v) is 3.06. The number of hydrogen-bond acceptors (Lipinski definition) is 4. The van der Waals surface area contributed by atoms with Gasteiger partial charge in [-0.3, -0.25) is 9.67 Å². The largest absolute Gasteiger partial charge is 0.356 e. The predicted octanol–water partition coefficient (Wildman–Crippen LogP) is 0.903. The number of aromatic nitrogens is 2. The molecule has 0 aliphatic heterocycles. The van der Waals surface area contributed by atoms with Crippen LogP contribution in [-0.2, 0) is 23.1 Å². The maximum absolute atomic E-state index is 11.3. The Morgan fingerprint density at radius 1 is 1.23 bits per heavy atom. The van der Waals surface area contributed by atoms with Crippen molar-refractivity contribution in [3.05, 3.63) is 47.3 Å². The van der Waals surface area contributed by atoms with Crippen LogP contribution in [0.2, 0.25) is 0 Å². The average Bonchev–Trinajstić information content (AvgIpc) is 2.91. The van der Waals surface area contributed by atoms with Gasteiger partial charge in [-0.2, -0.15) is 5.10 Å². The molecular formula is C17H26N6O2S. The summed E-state index contributed by atoms with van der Waals surface area (Å²) in [6, 6.07) is 8.51. The van der Waals surface area contributed by atoms with Gasteiger partial charge in [0.1, 0.15) is 0 Å². The Morgan fingerprint density at radius 2 is 1.92 bits per heavy atom. The van der Waals surface area contributed by atoms with Crippen LogP contribution in [0.15, 0.2) is 40.2 Å². The van der Waals surface area contributed by atoms with Crippen molar-refractivity contribution in [2.45, 2.75) is 38.3 Å². The second-order valence-electron chi connectivity index (χ2n) is 6.05. The molecule has 0 aliphatic carbocycles. The maximum Gasteiger partial charge on any atom is 0.238 e. The Balaban J connectivity index is 1.76. The molecule has 0 saturated heterocycles. The van der Waals surface area contributed by atoms with E-state index >= 15 is 0 Å². The van der Waals surface area contributed by atoms with Crippen molar-refractivity contribution in [3.8, 4) is 0 Å². The number of aliphatic imine (C=N–C) groups is 1. The van der Waals surface area contributed by atoms with Crippen LogP contribution in [0.3, 0.4) is 0 Å². The molecule has 9 heteroatoms. The van der Waals surface area contributed by atoms with Crippen molar-refractivity contribution in [3.63, 3.8) is 0 Å². The quantitative estimate of drug-likeness (QED) is 0.376. The summed E-state index contributed by atoms with van der Waals surface area (Å²) >= 11 is 0. The molecule has 0 fully saturated rings. The highest BCUT2D eigenvalue weighted by Gasteiger charge is 2.07. The van der Waals surface area contributed by atoms with Gasteiger partial charge in [-0.05, 0) is 44.0 Å². The normalized spacial score (nSPS) is 12.2. The molecule has 0 unspecified atom stereocenters. The standard InChI is InChI=1S/C17H26N6O2S/c1-13-11-14(2)23(22-13)10-4-9-20-17(19-3)21-12-15-5-7-16(8-6-15)26(18,24)25/h5-8,11H,4,9-10,12H2,1-3H3,(H2,18,24,25)(H2,19,20,21). The van der Waals surface area contributed by atoms with Crippen molar-refractivity contribution in [2.24, 2.45) is 10.1 Å². The summed E-state index contributed by atoms with van der Waals surface area (Å²) < 4.78 is 24.5. The molecule has 0 aliphatic rings. The van der Waals surface area contributed by atoms with Gasteiger partial charge in [0, 0.05) is 32.4 Å². The van der Waals surface area contributed by atoms with Gasteiger partial charge >= 0.3 is 0 Å². The SMILES string of the molecule is CN=C(NCCCn1nc(C)cc1C)NCc1ccc(S(N)(=O)=O)cc1. The lowest BCUT2D eigenvalue weighted by molar-refractivity contribution is 0.555. The Hall–Kier alpha value is -2.39. The zero-order valence-corrected chi connectivity index (χ0v) is 16.2. The molecule has 142 valence electrons. The number of rotatable bonds is 7. The lowest BCUT2D eigenvalue weighted by atomic mass is 10.2. The third-order valence-corrected chi connectivity index (χ3v) is 4.81. The molecule has 1 heterocycles. The van der Waals surface area contributed by atoms with Crippen molar-refractivity contribution >= 4 is 16.0 Å². The van der Waals surface area contributed by atoms with Gasteiger partial charge in [-0.25, -0.2) is 13.6 Å². The van der Waals surface area contributed by atoms with E-state index in [4.69, 9.17) is 5.14 Å². The van der Waals surface area contributed by atoms with Crippen LogP contribution < -0.4 is 15.8 Å². The number of hydrogen-bond donors (Lipinski definition) is 3. The van der Waals surface area contributed by atoms with Crippen LogP contribution in [0.1, 0.15) is 23.4 Å². The van der Waals surface area contributed by atoms with E-state index in [1.54, 1.807) is 19.2 Å². The first-order valence-electron chi connectivity index (χ1n) is 8.37. The smallest absolute Gasteiger partial charge is 0.238 e. The van der Waals surface area contributed by atoms with Gasteiger partial charge in [-0.15, -0.1) is 0 Å². The summed E-state index contributed by atoms with van der Waals surface area (Å²) in [7, 11) is -1.95. The molecule has 1 aromatic heterocycles. The number of nitrogens with one attached hydrogen (secondary N) is 2. The zero-order valence-electron chi connectivity index (χ0n) is 15.4. The minimum atomic E-state index is -3.66. The van der Waals surface area contributed by atoms with Crippen molar-refractivity contribution in [1.82, 2.24) is 20.4 Å². The highest BCUT2D eigenvalue weighted by Crippen LogP contribution is 2.08. The number of nitrogens with two attached hydrogens (primary N) is 1. The summed E-state index contributed by atoms with van der Waals surface area (Å²) in [6.07, 6.45) is 0.922. The minimum Gasteiger partial charge on any atom is -0.356 e. The number of aryl methyl sites for hydroxylation is 3. The summed E-state index contributed by atoms with van der Waals surface area (Å²) in [5, 5.41) is 16.0. The second-order valence-corrected chi connectivity index (χ2v) is 7.61. The van der Waals surface area contributed by atoms with Crippen LogP contribution in [-0.4, -0.2) is 37.8 Å². The summed E-state index contributed by atoms with van der Waals surface area (Å²) in [4.78, 5) is 4.29. The van der Waals surface area contributed by atoms with E-state index in [0.29, 0.717) is 12.5 Å². The highest BCUT2D eigenvalue weighted by atomic mass is 32.2. The summed E-state index contributed by atoms with van der Waals surface area (Å²) in [5.41, 5.74) is 3.12. The molecule has 0 bridgehead atoms. The molecule has 1 aromatic carbocycles. The number of primary sulfonamides is 1. The topological polar surface area (TPSA) is 114 Å². The zero-order chi connectivity index (χ0) is 19.2. The van der Waals surface area contributed by atoms with Crippen LogP contribution in [0.25, 0.3) is 0 Å². The Morgan fingerprint density at radius 3 is 2.46 bits per heavy atom. The van der Waals surface area contributed by atoms with Crippen LogP contribution in [0.5, 0.6) is 0 Å². The Labute approximate surface area is 154 Å². The number of benzene rings is 1. The van der Waals surface area contributed by atoms with Crippen molar-refractivity contribution in [2.75, 3.05) is 13.6 Å². The molecule has 0 atom stereocenters. The number of nitrogens with zero attached hydrogens (tertiary/aromatic N) is 3. The van der Waals surface area contributed by atoms with E-state index in [-0.39, 0.29) is 4.90 Å². The molecular weight excluding hydrogens is 352 g/mol. The third kappa shape index (κ3) is 5.85. The van der Waals surface area contributed by atoms with Crippen molar-refractivity contribution < 1.29 is 8.42 Å². The lowest BCUT2D eigenvalue weighted by Crippen LogP contribution is -2.37. The first-order valence-corrected chi connectivity index (χ1v) is 9.91. The van der Waals surface area contributed by atoms with E-state index in [9.17, 15) is 8.42 Å². The predicted molar refractivity (Wildman–Crippen MR) is 102 cm³/mol. The van der Waals surface area contributed by atoms with Gasteiger partial charge in [0.25, 0.3) is 0 Å². The van der Waals surface area contributed by atoms with Crippen molar-refractivity contribution in [1.29, 1.82) is 0 Å². The first kappa shape index (κ1) is 19.9. The fraction of sp³-hybridized carbons (Fsp3) is 0.412. The molecule has 0 saturated carbocycles. The van der Waals surface area contributed by atoms with Gasteiger partial charge in [0.05, 0.1) is 10.6 Å². The van der Waals surface area contributed by atoms with E-state index in [2.05, 4.69) is 33.7 Å². The average molecular weight is 379 g/mol. The third-order valence-electron chi connectivity index (χ3n) is 3.88. The molecule has 26 heavy (non-hydrogen) atoms.